The van der Waals surface area contributed by atoms with Gasteiger partial charge in [-0.15, -0.1) is 0 Å². The molecule has 6 aromatic carbocycles. The van der Waals surface area contributed by atoms with Crippen molar-refractivity contribution in [2.75, 3.05) is 0 Å². The number of imidazole rings is 1. The van der Waals surface area contributed by atoms with E-state index in [4.69, 9.17) is 6.85 Å². The Bertz CT molecular complexity index is 2040. The Morgan fingerprint density at radius 2 is 1.14 bits per heavy atom. The molecule has 0 aliphatic heterocycles. The van der Waals surface area contributed by atoms with Crippen LogP contribution in [0.4, 0.5) is 0 Å². The van der Waals surface area contributed by atoms with Crippen LogP contribution in [0.2, 0.25) is 0 Å². The molecule has 1 aromatic heterocycles. The van der Waals surface area contributed by atoms with E-state index in [1.165, 1.54) is 0 Å². The molecule has 0 aliphatic rings. The van der Waals surface area contributed by atoms with Crippen molar-refractivity contribution in [1.82, 2.24) is 9.55 Å². The molecule has 2 heteroatoms. The third-order valence-corrected chi connectivity index (χ3v) is 7.08. The summed E-state index contributed by atoms with van der Waals surface area (Å²) in [5.74, 6) is -0.140. The van der Waals surface area contributed by atoms with Crippen LogP contribution in [0.1, 0.15) is 19.5 Å². The molecule has 0 radical (unpaired) electrons. The van der Waals surface area contributed by atoms with E-state index >= 15 is 0 Å². The zero-order chi connectivity index (χ0) is 29.1. The molecule has 0 amide bonds. The summed E-state index contributed by atoms with van der Waals surface area (Å²) in [6.45, 7) is -2.92. The summed E-state index contributed by atoms with van der Waals surface area (Å²) in [5, 5.41) is 3.72. The molecule has 7 aromatic rings. The molecule has 0 saturated heterocycles. The molecule has 0 aliphatic carbocycles. The summed E-state index contributed by atoms with van der Waals surface area (Å²) < 4.78 is 43.4. The number of nitrogens with zero attached hydrogens (tertiary/aromatic N) is 2. The van der Waals surface area contributed by atoms with Crippen LogP contribution >= 0.6 is 0 Å². The normalized spacial score (nSPS) is 14.2. The predicted molar refractivity (Wildman–Crippen MR) is 156 cm³/mol. The van der Waals surface area contributed by atoms with Crippen molar-refractivity contribution < 1.29 is 6.85 Å². The first-order chi connectivity index (χ1) is 20.3. The molecule has 1 heterocycles. The molecule has 0 saturated carbocycles. The minimum atomic E-state index is -2.92. The van der Waals surface area contributed by atoms with E-state index in [1.807, 2.05) is 72.8 Å². The first kappa shape index (κ1) is 16.9. The first-order valence-corrected chi connectivity index (χ1v) is 12.3. The summed E-state index contributed by atoms with van der Waals surface area (Å²) in [5.41, 5.74) is 6.30. The fourth-order valence-corrected chi connectivity index (χ4v) is 5.45. The predicted octanol–water partition coefficient (Wildman–Crippen LogP) is 9.23. The largest absolute Gasteiger partial charge is 0.295 e. The molecule has 0 atom stereocenters. The van der Waals surface area contributed by atoms with E-state index in [-0.39, 0.29) is 5.82 Å². The lowest BCUT2D eigenvalue weighted by atomic mass is 9.89. The minimum Gasteiger partial charge on any atom is -0.295 e. The maximum Gasteiger partial charge on any atom is 0.114 e. The van der Waals surface area contributed by atoms with E-state index in [1.54, 1.807) is 10.6 Å². The Hall–Kier alpha value is -4.69. The lowest BCUT2D eigenvalue weighted by Crippen LogP contribution is -2.03. The van der Waals surface area contributed by atoms with Crippen LogP contribution in [0.5, 0.6) is 0 Å². The van der Waals surface area contributed by atoms with Gasteiger partial charge in [-0.25, -0.2) is 4.98 Å². The molecule has 2 nitrogen and oxygen atoms in total. The number of aromatic nitrogens is 2. The highest BCUT2D eigenvalue weighted by atomic mass is 15.1. The molecule has 0 bridgehead atoms. The van der Waals surface area contributed by atoms with Gasteiger partial charge in [0, 0.05) is 24.0 Å². The average molecular weight is 480 g/mol. The standard InChI is InChI=1S/C35H26N2/c1-2-33-36-31-18-10-11-19-32(31)37(33)35-29-16-8-6-14-27(29)34(28-15-7-9-17-30(28)35)26-22-20-25(21-23-26)24-12-4-3-5-13-24/h3-23H,2H2,1H3/i1D3,2D2. The molecule has 0 unspecified atom stereocenters. The Morgan fingerprint density at radius 1 is 0.595 bits per heavy atom. The van der Waals surface area contributed by atoms with Crippen LogP contribution in [-0.2, 0) is 6.37 Å². The van der Waals surface area contributed by atoms with Gasteiger partial charge in [-0.2, -0.15) is 0 Å². The summed E-state index contributed by atoms with van der Waals surface area (Å²) in [6, 6.07) is 42.2. The first-order valence-electron chi connectivity index (χ1n) is 14.8. The van der Waals surface area contributed by atoms with E-state index in [0.717, 1.165) is 43.8 Å². The van der Waals surface area contributed by atoms with Crippen molar-refractivity contribution in [3.8, 4) is 27.9 Å². The van der Waals surface area contributed by atoms with Crippen molar-refractivity contribution in [3.05, 3.63) is 133 Å². The topological polar surface area (TPSA) is 17.8 Å². The van der Waals surface area contributed by atoms with E-state index in [9.17, 15) is 0 Å². The van der Waals surface area contributed by atoms with Gasteiger partial charge in [-0.3, -0.25) is 4.57 Å². The van der Waals surface area contributed by atoms with Gasteiger partial charge in [0.2, 0.25) is 0 Å². The van der Waals surface area contributed by atoms with E-state index in [2.05, 4.69) is 53.5 Å². The molecule has 37 heavy (non-hydrogen) atoms. The Balaban J connectivity index is 1.57. The number of hydrogen-bond donors (Lipinski definition) is 0. The highest BCUT2D eigenvalue weighted by Crippen LogP contribution is 2.42. The van der Waals surface area contributed by atoms with Crippen molar-refractivity contribution in [2.45, 2.75) is 13.2 Å². The quantitative estimate of drug-likeness (QED) is 0.230. The van der Waals surface area contributed by atoms with Crippen molar-refractivity contribution in [1.29, 1.82) is 0 Å². The number of para-hydroxylation sites is 2. The van der Waals surface area contributed by atoms with Gasteiger partial charge in [-0.1, -0.05) is 122 Å². The zero-order valence-electron chi connectivity index (χ0n) is 25.0. The van der Waals surface area contributed by atoms with Crippen LogP contribution in [0.25, 0.3) is 60.5 Å². The van der Waals surface area contributed by atoms with E-state index in [0.29, 0.717) is 16.7 Å². The van der Waals surface area contributed by atoms with Crippen LogP contribution in [0.3, 0.4) is 0 Å². The van der Waals surface area contributed by atoms with Gasteiger partial charge >= 0.3 is 0 Å². The van der Waals surface area contributed by atoms with Gasteiger partial charge in [-0.05, 0) is 45.2 Å². The van der Waals surface area contributed by atoms with Gasteiger partial charge in [0.1, 0.15) is 5.82 Å². The van der Waals surface area contributed by atoms with Crippen LogP contribution < -0.4 is 0 Å². The highest BCUT2D eigenvalue weighted by molar-refractivity contribution is 6.18. The lowest BCUT2D eigenvalue weighted by Gasteiger charge is -2.19. The Morgan fingerprint density at radius 3 is 1.81 bits per heavy atom. The van der Waals surface area contributed by atoms with Crippen LogP contribution in [-0.4, -0.2) is 9.55 Å². The number of benzene rings is 6. The fourth-order valence-electron chi connectivity index (χ4n) is 5.45. The second kappa shape index (κ2) is 8.76. The molecule has 0 spiro atoms. The molecule has 0 fully saturated rings. The number of fused-ring (bicyclic) bond motifs is 3. The van der Waals surface area contributed by atoms with Crippen LogP contribution in [0, 0.1) is 0 Å². The maximum atomic E-state index is 8.75. The van der Waals surface area contributed by atoms with Gasteiger partial charge in [0.15, 0.2) is 0 Å². The molecular weight excluding hydrogens is 448 g/mol. The maximum absolute atomic E-state index is 8.75. The average Bonchev–Trinajstić information content (AvgIpc) is 3.40. The Kier molecular flexibility index (Phi) is 4.00. The molecule has 0 N–H and O–H groups in total. The Labute approximate surface area is 223 Å². The second-order valence-electron chi connectivity index (χ2n) is 9.14. The minimum absolute atomic E-state index is 0.140. The molecule has 7 rings (SSSR count). The summed E-state index contributed by atoms with van der Waals surface area (Å²) in [7, 11) is 0. The van der Waals surface area contributed by atoms with Crippen molar-refractivity contribution in [3.63, 3.8) is 0 Å². The summed E-state index contributed by atoms with van der Waals surface area (Å²) in [6.07, 6.45) is -2.69. The van der Waals surface area contributed by atoms with E-state index < -0.39 is 13.2 Å². The number of hydrogen-bond acceptors (Lipinski definition) is 1. The van der Waals surface area contributed by atoms with Crippen molar-refractivity contribution in [2.24, 2.45) is 0 Å². The monoisotopic (exact) mass is 479 g/mol. The highest BCUT2D eigenvalue weighted by Gasteiger charge is 2.20. The van der Waals surface area contributed by atoms with Crippen LogP contribution in [0.15, 0.2) is 127 Å². The molecule has 176 valence electrons. The van der Waals surface area contributed by atoms with Crippen molar-refractivity contribution >= 4 is 32.6 Å². The fraction of sp³-hybridized carbons (Fsp3) is 0.0571. The second-order valence-corrected chi connectivity index (χ2v) is 9.14. The van der Waals surface area contributed by atoms with Gasteiger partial charge in [0.05, 0.1) is 16.7 Å². The van der Waals surface area contributed by atoms with Gasteiger partial charge < -0.3 is 0 Å². The zero-order valence-corrected chi connectivity index (χ0v) is 20.0. The third-order valence-electron chi connectivity index (χ3n) is 7.08. The summed E-state index contributed by atoms with van der Waals surface area (Å²) >= 11 is 0. The number of rotatable bonds is 4. The smallest absolute Gasteiger partial charge is 0.114 e. The van der Waals surface area contributed by atoms with Gasteiger partial charge in [0.25, 0.3) is 0 Å². The SMILES string of the molecule is [2H]C([2H])([2H])C([2H])([2H])c1nc2ccccc2n1-c1c2ccccc2c(-c2ccc(-c3ccccc3)cc2)c2ccccc12. The lowest BCUT2D eigenvalue weighted by molar-refractivity contribution is 0.917. The molecular formula is C35H26N2. The third kappa shape index (κ3) is 3.45. The number of aryl methyl sites for hydroxylation is 1. The summed E-state index contributed by atoms with van der Waals surface area (Å²) in [4.78, 5) is 4.59.